The first-order chi connectivity index (χ1) is 7.34. The van der Waals surface area contributed by atoms with Gasteiger partial charge in [-0.1, -0.05) is 0 Å². The van der Waals surface area contributed by atoms with Gasteiger partial charge in [0, 0.05) is 31.8 Å². The second-order valence-corrected chi connectivity index (χ2v) is 3.31. The van der Waals surface area contributed by atoms with Gasteiger partial charge in [0.2, 0.25) is 0 Å². The summed E-state index contributed by atoms with van der Waals surface area (Å²) >= 11 is 0. The minimum atomic E-state index is 0.841. The topological polar surface area (TPSA) is 48.0 Å². The van der Waals surface area contributed by atoms with Crippen LogP contribution >= 0.6 is 0 Å². The Labute approximate surface area is 86.0 Å². The van der Waals surface area contributed by atoms with Crippen LogP contribution < -0.4 is 0 Å². The molecule has 74 valence electrons. The van der Waals surface area contributed by atoms with Crippen molar-refractivity contribution in [1.29, 1.82) is 0 Å². The van der Waals surface area contributed by atoms with E-state index in [0.717, 1.165) is 17.0 Å². The maximum Gasteiger partial charge on any atom is 0.156 e. The summed E-state index contributed by atoms with van der Waals surface area (Å²) in [6.07, 6.45) is 9.08. The summed E-state index contributed by atoms with van der Waals surface area (Å²) in [5.74, 6) is 0. The third-order valence-electron chi connectivity index (χ3n) is 2.35. The highest BCUT2D eigenvalue weighted by Gasteiger charge is 2.06. The van der Waals surface area contributed by atoms with E-state index < -0.39 is 0 Å². The van der Waals surface area contributed by atoms with Crippen molar-refractivity contribution >= 4 is 5.65 Å². The summed E-state index contributed by atoms with van der Waals surface area (Å²) in [5, 5.41) is 4.11. The normalized spacial score (nSPS) is 11.0. The Morgan fingerprint density at radius 3 is 2.93 bits per heavy atom. The van der Waals surface area contributed by atoms with Crippen LogP contribution in [0, 0.1) is 0 Å². The van der Waals surface area contributed by atoms with Gasteiger partial charge in [0.25, 0.3) is 0 Å². The van der Waals surface area contributed by atoms with Gasteiger partial charge < -0.3 is 4.40 Å². The molecule has 5 heteroatoms. The van der Waals surface area contributed by atoms with E-state index in [9.17, 15) is 0 Å². The van der Waals surface area contributed by atoms with Gasteiger partial charge in [-0.2, -0.15) is 5.10 Å². The molecule has 0 fully saturated rings. The van der Waals surface area contributed by atoms with Crippen LogP contribution in [0.2, 0.25) is 0 Å². The molecule has 0 N–H and O–H groups in total. The lowest BCUT2D eigenvalue weighted by atomic mass is 10.3. The van der Waals surface area contributed by atoms with Gasteiger partial charge in [-0.05, 0) is 6.07 Å². The first-order valence-corrected chi connectivity index (χ1v) is 4.62. The first-order valence-electron chi connectivity index (χ1n) is 4.62. The van der Waals surface area contributed by atoms with Gasteiger partial charge in [-0.3, -0.25) is 9.67 Å². The zero-order valence-electron chi connectivity index (χ0n) is 8.20. The molecule has 0 radical (unpaired) electrons. The highest BCUT2D eigenvalue weighted by atomic mass is 15.3. The van der Waals surface area contributed by atoms with E-state index in [1.165, 1.54) is 0 Å². The molecule has 0 aromatic carbocycles. The quantitative estimate of drug-likeness (QED) is 0.590. The van der Waals surface area contributed by atoms with Crippen molar-refractivity contribution < 1.29 is 0 Å². The number of aromatic nitrogens is 5. The maximum atomic E-state index is 4.46. The van der Waals surface area contributed by atoms with E-state index in [1.54, 1.807) is 23.3 Å². The molecule has 0 aliphatic rings. The second kappa shape index (κ2) is 2.91. The Morgan fingerprint density at radius 2 is 2.20 bits per heavy atom. The number of hydrogen-bond donors (Lipinski definition) is 0. The molecule has 3 aromatic heterocycles. The van der Waals surface area contributed by atoms with Crippen molar-refractivity contribution in [3.63, 3.8) is 0 Å². The molecular weight excluding hydrogens is 190 g/mol. The van der Waals surface area contributed by atoms with Crippen LogP contribution in [0.5, 0.6) is 0 Å². The Morgan fingerprint density at radius 1 is 1.27 bits per heavy atom. The molecular formula is C10H9N5. The zero-order chi connectivity index (χ0) is 10.3. The Kier molecular flexibility index (Phi) is 1.58. The molecule has 0 saturated carbocycles. The summed E-state index contributed by atoms with van der Waals surface area (Å²) in [6, 6.07) is 1.94. The highest BCUT2D eigenvalue weighted by Crippen LogP contribution is 2.16. The number of nitrogens with zero attached hydrogens (tertiary/aromatic N) is 5. The van der Waals surface area contributed by atoms with Crippen LogP contribution in [0.4, 0.5) is 0 Å². The summed E-state index contributed by atoms with van der Waals surface area (Å²) in [4.78, 5) is 8.48. The zero-order valence-corrected chi connectivity index (χ0v) is 8.20. The molecule has 3 aromatic rings. The Hall–Kier alpha value is -2.17. The van der Waals surface area contributed by atoms with Gasteiger partial charge in [0.15, 0.2) is 5.65 Å². The van der Waals surface area contributed by atoms with Crippen molar-refractivity contribution in [2.24, 2.45) is 7.05 Å². The van der Waals surface area contributed by atoms with E-state index in [0.29, 0.717) is 0 Å². The van der Waals surface area contributed by atoms with E-state index in [4.69, 9.17) is 0 Å². The lowest BCUT2D eigenvalue weighted by molar-refractivity contribution is 0.774. The number of fused-ring (bicyclic) bond motifs is 1. The average Bonchev–Trinajstić information content (AvgIpc) is 2.82. The summed E-state index contributed by atoms with van der Waals surface area (Å²) in [6.45, 7) is 0. The van der Waals surface area contributed by atoms with Crippen molar-refractivity contribution in [3.05, 3.63) is 37.1 Å². The molecule has 0 unspecified atom stereocenters. The van der Waals surface area contributed by atoms with Crippen molar-refractivity contribution in [2.75, 3.05) is 0 Å². The van der Waals surface area contributed by atoms with Gasteiger partial charge in [0.1, 0.15) is 5.69 Å². The van der Waals surface area contributed by atoms with E-state index in [-0.39, 0.29) is 0 Å². The highest BCUT2D eigenvalue weighted by molar-refractivity contribution is 5.58. The predicted molar refractivity (Wildman–Crippen MR) is 55.2 cm³/mol. The van der Waals surface area contributed by atoms with Crippen molar-refractivity contribution in [1.82, 2.24) is 24.1 Å². The van der Waals surface area contributed by atoms with E-state index in [2.05, 4.69) is 15.1 Å². The fourth-order valence-electron chi connectivity index (χ4n) is 1.59. The number of imidazole rings is 1. The largest absolute Gasteiger partial charge is 0.304 e. The van der Waals surface area contributed by atoms with Crippen LogP contribution in [-0.4, -0.2) is 24.1 Å². The maximum absolute atomic E-state index is 4.46. The third-order valence-corrected chi connectivity index (χ3v) is 2.35. The minimum absolute atomic E-state index is 0.841. The van der Waals surface area contributed by atoms with Crippen LogP contribution in [0.3, 0.4) is 0 Å². The van der Waals surface area contributed by atoms with Gasteiger partial charge in [0.05, 0.1) is 11.9 Å². The van der Waals surface area contributed by atoms with E-state index >= 15 is 0 Å². The van der Waals surface area contributed by atoms with Gasteiger partial charge in [-0.15, -0.1) is 0 Å². The summed E-state index contributed by atoms with van der Waals surface area (Å²) < 4.78 is 3.74. The van der Waals surface area contributed by atoms with E-state index in [1.807, 2.05) is 29.9 Å². The lowest BCUT2D eigenvalue weighted by Gasteiger charge is -1.94. The lowest BCUT2D eigenvalue weighted by Crippen LogP contribution is -1.92. The molecule has 0 saturated heterocycles. The fraction of sp³-hybridized carbons (Fsp3) is 0.100. The molecule has 3 heterocycles. The van der Waals surface area contributed by atoms with Gasteiger partial charge in [-0.25, -0.2) is 4.98 Å². The van der Waals surface area contributed by atoms with Crippen LogP contribution in [0.15, 0.2) is 37.1 Å². The molecule has 0 atom stereocenters. The predicted octanol–water partition coefficient (Wildman–Crippen LogP) is 1.13. The van der Waals surface area contributed by atoms with Crippen molar-refractivity contribution in [2.45, 2.75) is 0 Å². The molecule has 3 rings (SSSR count). The minimum Gasteiger partial charge on any atom is -0.304 e. The SMILES string of the molecule is Cn1nccc1-c1cn2ccncc2n1. The molecule has 5 nitrogen and oxygen atoms in total. The fourth-order valence-corrected chi connectivity index (χ4v) is 1.59. The molecule has 0 aliphatic carbocycles. The first kappa shape index (κ1) is 8.16. The van der Waals surface area contributed by atoms with Crippen LogP contribution in [-0.2, 0) is 7.05 Å². The second-order valence-electron chi connectivity index (χ2n) is 3.31. The Bertz CT molecular complexity index is 574. The summed E-state index contributed by atoms with van der Waals surface area (Å²) in [7, 11) is 1.90. The molecule has 0 amide bonds. The monoisotopic (exact) mass is 199 g/mol. The molecule has 0 bridgehead atoms. The average molecular weight is 199 g/mol. The van der Waals surface area contributed by atoms with Gasteiger partial charge >= 0.3 is 0 Å². The third kappa shape index (κ3) is 1.20. The number of aryl methyl sites for hydroxylation is 1. The standard InChI is InChI=1S/C10H9N5/c1-14-9(2-3-12-14)8-7-15-5-4-11-6-10(15)13-8/h2-7H,1H3. The molecule has 15 heavy (non-hydrogen) atoms. The van der Waals surface area contributed by atoms with Crippen LogP contribution in [0.1, 0.15) is 0 Å². The molecule has 0 aliphatic heterocycles. The Balaban J connectivity index is 2.24. The summed E-state index contributed by atoms with van der Waals surface area (Å²) in [5.41, 5.74) is 2.75. The number of rotatable bonds is 1. The number of hydrogen-bond acceptors (Lipinski definition) is 3. The molecule has 0 spiro atoms. The van der Waals surface area contributed by atoms with Crippen molar-refractivity contribution in [3.8, 4) is 11.4 Å². The smallest absolute Gasteiger partial charge is 0.156 e. The van der Waals surface area contributed by atoms with Crippen LogP contribution in [0.25, 0.3) is 17.0 Å².